The summed E-state index contributed by atoms with van der Waals surface area (Å²) < 4.78 is 20.5. The molecule has 0 saturated carbocycles. The average molecular weight is 196 g/mol. The van der Waals surface area contributed by atoms with Crippen LogP contribution in [0.15, 0.2) is 0 Å². The number of halogens is 1. The van der Waals surface area contributed by atoms with Crippen LogP contribution in [-0.4, -0.2) is 18.4 Å². The zero-order chi connectivity index (χ0) is 9.12. The van der Waals surface area contributed by atoms with Gasteiger partial charge in [0.1, 0.15) is 6.07 Å². The minimum atomic E-state index is -3.46. The summed E-state index contributed by atoms with van der Waals surface area (Å²) in [7, 11) is -3.46. The van der Waals surface area contributed by atoms with E-state index in [2.05, 4.69) is 0 Å². The molecule has 0 heterocycles. The largest absolute Gasteiger partial charge is 0.230 e. The molecule has 0 spiro atoms. The summed E-state index contributed by atoms with van der Waals surface area (Å²) in [6.07, 6.45) is 0.112. The highest BCUT2D eigenvalue weighted by molar-refractivity contribution is 7.94. The molecule has 0 aromatic heterocycles. The van der Waals surface area contributed by atoms with Crippen molar-refractivity contribution in [2.45, 2.75) is 24.5 Å². The molecule has 0 fully saturated rings. The Bertz CT molecular complexity index is 267. The van der Waals surface area contributed by atoms with E-state index in [9.17, 15) is 8.42 Å². The lowest BCUT2D eigenvalue weighted by molar-refractivity contribution is 0.582. The number of alkyl halides is 1. The number of nitriles is 1. The minimum Gasteiger partial charge on any atom is -0.226 e. The van der Waals surface area contributed by atoms with Crippen LogP contribution in [0.5, 0.6) is 0 Å². The van der Waals surface area contributed by atoms with Crippen molar-refractivity contribution in [1.82, 2.24) is 0 Å². The van der Waals surface area contributed by atoms with Crippen LogP contribution in [-0.2, 0) is 9.84 Å². The monoisotopic (exact) mass is 195 g/mol. The third kappa shape index (κ3) is 1.85. The highest BCUT2D eigenvalue weighted by Crippen LogP contribution is 2.26. The van der Waals surface area contributed by atoms with Gasteiger partial charge in [0.15, 0.2) is 9.84 Å². The highest BCUT2D eigenvalue weighted by Gasteiger charge is 2.38. The Hall–Kier alpha value is -0.270. The quantitative estimate of drug-likeness (QED) is 0.638. The average Bonchev–Trinajstić information content (AvgIpc) is 2.02. The number of hydrogen-bond donors (Lipinski definition) is 0. The number of rotatable bonds is 3. The topological polar surface area (TPSA) is 57.9 Å². The first-order chi connectivity index (χ1) is 4.93. The second-order valence-electron chi connectivity index (χ2n) is 2.10. The van der Waals surface area contributed by atoms with E-state index in [0.717, 1.165) is 0 Å². The standard InChI is InChI=1S/C6H10ClNO2S/c1-3-6(7,5-8)11(9,10)4-2/h3-4H2,1-2H3/t6-/m1/s1. The summed E-state index contributed by atoms with van der Waals surface area (Å²) in [6, 6.07) is 1.60. The maximum absolute atomic E-state index is 11.1. The zero-order valence-corrected chi connectivity index (χ0v) is 8.04. The molecule has 1 atom stereocenters. The Morgan fingerprint density at radius 3 is 2.09 bits per heavy atom. The van der Waals surface area contributed by atoms with Crippen LogP contribution in [0.3, 0.4) is 0 Å². The predicted octanol–water partition coefficient (Wildman–Crippen LogP) is 1.29. The van der Waals surface area contributed by atoms with Crippen molar-refractivity contribution in [2.24, 2.45) is 0 Å². The molecule has 0 aliphatic rings. The third-order valence-corrected chi connectivity index (χ3v) is 4.68. The van der Waals surface area contributed by atoms with Crippen molar-refractivity contribution < 1.29 is 8.42 Å². The molecular weight excluding hydrogens is 186 g/mol. The van der Waals surface area contributed by atoms with Crippen LogP contribution in [0.25, 0.3) is 0 Å². The molecule has 0 unspecified atom stereocenters. The fourth-order valence-corrected chi connectivity index (χ4v) is 1.96. The van der Waals surface area contributed by atoms with Crippen LogP contribution in [0.1, 0.15) is 20.3 Å². The second kappa shape index (κ2) is 3.42. The van der Waals surface area contributed by atoms with E-state index in [0.29, 0.717) is 0 Å². The van der Waals surface area contributed by atoms with Gasteiger partial charge < -0.3 is 0 Å². The minimum absolute atomic E-state index is 0.0993. The Kier molecular flexibility index (Phi) is 3.33. The van der Waals surface area contributed by atoms with E-state index >= 15 is 0 Å². The molecule has 0 saturated heterocycles. The van der Waals surface area contributed by atoms with Gasteiger partial charge in [0, 0.05) is 0 Å². The number of sulfone groups is 1. The molecule has 0 bridgehead atoms. The van der Waals surface area contributed by atoms with Crippen LogP contribution >= 0.6 is 11.6 Å². The van der Waals surface area contributed by atoms with Gasteiger partial charge in [0.2, 0.25) is 4.21 Å². The normalized spacial score (nSPS) is 16.9. The van der Waals surface area contributed by atoms with Crippen molar-refractivity contribution in [3.63, 3.8) is 0 Å². The lowest BCUT2D eigenvalue weighted by Crippen LogP contribution is -2.31. The van der Waals surface area contributed by atoms with Crippen LogP contribution in [0.4, 0.5) is 0 Å². The first-order valence-electron chi connectivity index (χ1n) is 3.26. The summed E-state index contributed by atoms with van der Waals surface area (Å²) in [5.41, 5.74) is 0. The summed E-state index contributed by atoms with van der Waals surface area (Å²) in [5.74, 6) is -0.0993. The molecule has 0 amide bonds. The van der Waals surface area contributed by atoms with Gasteiger partial charge in [-0.2, -0.15) is 5.26 Å². The molecule has 11 heavy (non-hydrogen) atoms. The SMILES string of the molecule is CC[C@](Cl)(C#N)S(=O)(=O)CC. The smallest absolute Gasteiger partial charge is 0.226 e. The molecule has 0 aliphatic carbocycles. The predicted molar refractivity (Wildman–Crippen MR) is 43.9 cm³/mol. The fourth-order valence-electron chi connectivity index (χ4n) is 0.597. The van der Waals surface area contributed by atoms with Gasteiger partial charge in [0.05, 0.1) is 5.75 Å². The summed E-state index contributed by atoms with van der Waals surface area (Å²) in [5, 5.41) is 8.49. The molecule has 0 aliphatic heterocycles. The number of nitrogens with zero attached hydrogens (tertiary/aromatic N) is 1. The van der Waals surface area contributed by atoms with Crippen molar-refractivity contribution in [1.29, 1.82) is 5.26 Å². The van der Waals surface area contributed by atoms with Gasteiger partial charge in [-0.15, -0.1) is 0 Å². The molecule has 5 heteroatoms. The van der Waals surface area contributed by atoms with E-state index < -0.39 is 14.0 Å². The van der Waals surface area contributed by atoms with Crippen molar-refractivity contribution in [3.05, 3.63) is 0 Å². The third-order valence-electron chi connectivity index (χ3n) is 1.49. The molecule has 0 rings (SSSR count). The second-order valence-corrected chi connectivity index (χ2v) is 5.47. The Morgan fingerprint density at radius 2 is 2.00 bits per heavy atom. The van der Waals surface area contributed by atoms with Crippen molar-refractivity contribution in [2.75, 3.05) is 5.75 Å². The van der Waals surface area contributed by atoms with Gasteiger partial charge in [-0.3, -0.25) is 0 Å². The van der Waals surface area contributed by atoms with E-state index in [4.69, 9.17) is 16.9 Å². The lowest BCUT2D eigenvalue weighted by atomic mass is 10.3. The highest BCUT2D eigenvalue weighted by atomic mass is 35.5. The first kappa shape index (κ1) is 10.7. The fraction of sp³-hybridized carbons (Fsp3) is 0.833. The van der Waals surface area contributed by atoms with E-state index in [1.54, 1.807) is 13.0 Å². The zero-order valence-electron chi connectivity index (χ0n) is 6.46. The van der Waals surface area contributed by atoms with Gasteiger partial charge in [-0.05, 0) is 6.42 Å². The van der Waals surface area contributed by atoms with Crippen molar-refractivity contribution >= 4 is 21.4 Å². The molecule has 0 aromatic carbocycles. The van der Waals surface area contributed by atoms with Gasteiger partial charge >= 0.3 is 0 Å². The Balaban J connectivity index is 4.99. The van der Waals surface area contributed by atoms with Crippen LogP contribution < -0.4 is 0 Å². The lowest BCUT2D eigenvalue weighted by Gasteiger charge is -2.15. The molecule has 0 N–H and O–H groups in total. The van der Waals surface area contributed by atoms with Gasteiger partial charge in [0.25, 0.3) is 0 Å². The van der Waals surface area contributed by atoms with Gasteiger partial charge in [-0.1, -0.05) is 25.4 Å². The maximum Gasteiger partial charge on any atom is 0.230 e. The number of hydrogen-bond acceptors (Lipinski definition) is 3. The first-order valence-corrected chi connectivity index (χ1v) is 5.29. The van der Waals surface area contributed by atoms with Crippen LogP contribution in [0, 0.1) is 11.3 Å². The summed E-state index contributed by atoms with van der Waals surface area (Å²) in [6.45, 7) is 3.04. The van der Waals surface area contributed by atoms with Gasteiger partial charge in [-0.25, -0.2) is 8.42 Å². The van der Waals surface area contributed by atoms with Crippen molar-refractivity contribution in [3.8, 4) is 6.07 Å². The molecule has 3 nitrogen and oxygen atoms in total. The maximum atomic E-state index is 11.1. The van der Waals surface area contributed by atoms with Crippen LogP contribution in [0.2, 0.25) is 0 Å². The molecule has 64 valence electrons. The molecular formula is C6H10ClNO2S. The summed E-state index contributed by atoms with van der Waals surface area (Å²) in [4.78, 5) is 0. The Labute approximate surface area is 71.9 Å². The summed E-state index contributed by atoms with van der Waals surface area (Å²) >= 11 is 5.55. The van der Waals surface area contributed by atoms with E-state index in [-0.39, 0.29) is 12.2 Å². The Morgan fingerprint density at radius 1 is 1.55 bits per heavy atom. The molecule has 0 aromatic rings. The van der Waals surface area contributed by atoms with E-state index in [1.807, 2.05) is 0 Å². The van der Waals surface area contributed by atoms with E-state index in [1.165, 1.54) is 6.92 Å². The molecule has 0 radical (unpaired) electrons.